The molecule has 1 atom stereocenters. The number of thioether (sulfide) groups is 1. The highest BCUT2D eigenvalue weighted by atomic mass is 32.2. The molecular formula is C25H31N3O3S. The number of methoxy groups -OCH3 is 1. The Labute approximate surface area is 194 Å². The second-order valence-electron chi connectivity index (χ2n) is 7.72. The van der Waals surface area contributed by atoms with E-state index in [0.29, 0.717) is 23.1 Å². The predicted molar refractivity (Wildman–Crippen MR) is 132 cm³/mol. The van der Waals surface area contributed by atoms with Crippen molar-refractivity contribution in [1.29, 1.82) is 0 Å². The van der Waals surface area contributed by atoms with Crippen molar-refractivity contribution in [2.75, 3.05) is 19.0 Å². The smallest absolute Gasteiger partial charge is 0.238 e. The van der Waals surface area contributed by atoms with Crippen LogP contribution < -0.4 is 10.1 Å². The van der Waals surface area contributed by atoms with Crippen molar-refractivity contribution < 1.29 is 14.3 Å². The number of amidine groups is 1. The lowest BCUT2D eigenvalue weighted by molar-refractivity contribution is -0.129. The number of para-hydroxylation sites is 1. The third-order valence-electron chi connectivity index (χ3n) is 5.24. The molecule has 32 heavy (non-hydrogen) atoms. The summed E-state index contributed by atoms with van der Waals surface area (Å²) >= 11 is 1.36. The lowest BCUT2D eigenvalue weighted by atomic mass is 10.1. The fourth-order valence-corrected chi connectivity index (χ4v) is 4.60. The Morgan fingerprint density at radius 2 is 1.91 bits per heavy atom. The fourth-order valence-electron chi connectivity index (χ4n) is 3.47. The Hall–Kier alpha value is -2.80. The van der Waals surface area contributed by atoms with Crippen LogP contribution in [0.3, 0.4) is 0 Å². The second kappa shape index (κ2) is 12.3. The molecule has 0 aromatic heterocycles. The molecule has 1 aliphatic heterocycles. The van der Waals surface area contributed by atoms with Crippen molar-refractivity contribution in [3.05, 3.63) is 54.6 Å². The van der Waals surface area contributed by atoms with Crippen LogP contribution in [0.25, 0.3) is 0 Å². The van der Waals surface area contributed by atoms with Crippen molar-refractivity contribution in [3.8, 4) is 5.75 Å². The van der Waals surface area contributed by atoms with Crippen molar-refractivity contribution >= 4 is 40.1 Å². The highest BCUT2D eigenvalue weighted by molar-refractivity contribution is 8.15. The Balaban J connectivity index is 1.73. The van der Waals surface area contributed by atoms with Gasteiger partial charge in [0.25, 0.3) is 0 Å². The third-order valence-corrected chi connectivity index (χ3v) is 6.42. The zero-order chi connectivity index (χ0) is 22.8. The zero-order valence-electron chi connectivity index (χ0n) is 18.8. The number of rotatable bonds is 10. The molecule has 170 valence electrons. The molecule has 1 unspecified atom stereocenters. The topological polar surface area (TPSA) is 71.0 Å². The summed E-state index contributed by atoms with van der Waals surface area (Å²) in [6.07, 6.45) is 5.73. The van der Waals surface area contributed by atoms with Gasteiger partial charge in [-0.15, -0.1) is 0 Å². The van der Waals surface area contributed by atoms with E-state index in [1.807, 2.05) is 42.5 Å². The highest BCUT2D eigenvalue weighted by Gasteiger charge is 2.35. The van der Waals surface area contributed by atoms with E-state index in [9.17, 15) is 9.59 Å². The quantitative estimate of drug-likeness (QED) is 0.474. The first-order chi connectivity index (χ1) is 15.6. The number of carbonyl (C=O) groups is 2. The standard InChI is InChI=1S/C25H31N3O3S/c1-3-4-5-6-10-16-28-23(29)18-22(32-25(28)27-19-12-8-7-9-13-19)24(30)26-20-14-11-15-21(17-20)31-2/h7-9,11-15,17,22H,3-6,10,16,18H2,1-2H3,(H,26,30). The van der Waals surface area contributed by atoms with Crippen molar-refractivity contribution in [1.82, 2.24) is 4.90 Å². The monoisotopic (exact) mass is 453 g/mol. The Morgan fingerprint density at radius 1 is 1.12 bits per heavy atom. The number of benzene rings is 2. The number of anilines is 1. The largest absolute Gasteiger partial charge is 0.497 e. The molecule has 1 fully saturated rings. The number of amides is 2. The van der Waals surface area contributed by atoms with Gasteiger partial charge in [0.05, 0.1) is 12.8 Å². The number of unbranched alkanes of at least 4 members (excludes halogenated alkanes) is 4. The maximum Gasteiger partial charge on any atom is 0.238 e. The molecule has 3 rings (SSSR count). The summed E-state index contributed by atoms with van der Waals surface area (Å²) in [4.78, 5) is 32.4. The molecule has 7 heteroatoms. The minimum atomic E-state index is -0.535. The van der Waals surface area contributed by atoms with Crippen LogP contribution in [0.2, 0.25) is 0 Å². The first-order valence-corrected chi connectivity index (χ1v) is 12.0. The number of nitrogens with zero attached hydrogens (tertiary/aromatic N) is 2. The van der Waals surface area contributed by atoms with Gasteiger partial charge in [0.15, 0.2) is 5.17 Å². The van der Waals surface area contributed by atoms with E-state index in [1.165, 1.54) is 31.0 Å². The molecular weight excluding hydrogens is 422 g/mol. The van der Waals surface area contributed by atoms with Crippen LogP contribution in [0, 0.1) is 0 Å². The predicted octanol–water partition coefficient (Wildman–Crippen LogP) is 5.63. The molecule has 1 saturated heterocycles. The van der Waals surface area contributed by atoms with E-state index in [4.69, 9.17) is 9.73 Å². The van der Waals surface area contributed by atoms with Gasteiger partial charge in [-0.05, 0) is 30.7 Å². The molecule has 0 aliphatic carbocycles. The normalized spacial score (nSPS) is 17.4. The van der Waals surface area contributed by atoms with Gasteiger partial charge >= 0.3 is 0 Å². The average molecular weight is 454 g/mol. The Kier molecular flexibility index (Phi) is 9.16. The van der Waals surface area contributed by atoms with Gasteiger partial charge in [-0.25, -0.2) is 4.99 Å². The second-order valence-corrected chi connectivity index (χ2v) is 8.89. The van der Waals surface area contributed by atoms with Crippen molar-refractivity contribution in [2.45, 2.75) is 50.7 Å². The van der Waals surface area contributed by atoms with Gasteiger partial charge in [0.2, 0.25) is 11.8 Å². The van der Waals surface area contributed by atoms with E-state index < -0.39 is 5.25 Å². The number of aliphatic imine (C=N–C) groups is 1. The molecule has 0 radical (unpaired) electrons. The van der Waals surface area contributed by atoms with Gasteiger partial charge in [-0.2, -0.15) is 0 Å². The lowest BCUT2D eigenvalue weighted by Gasteiger charge is -2.32. The minimum Gasteiger partial charge on any atom is -0.497 e. The van der Waals surface area contributed by atoms with Crippen LogP contribution in [0.4, 0.5) is 11.4 Å². The Morgan fingerprint density at radius 3 is 2.66 bits per heavy atom. The first kappa shape index (κ1) is 23.9. The number of nitrogens with one attached hydrogen (secondary N) is 1. The van der Waals surface area contributed by atoms with Gasteiger partial charge in [0, 0.05) is 24.7 Å². The summed E-state index contributed by atoms with van der Waals surface area (Å²) in [7, 11) is 1.58. The van der Waals surface area contributed by atoms with Gasteiger partial charge in [-0.1, -0.05) is 68.6 Å². The van der Waals surface area contributed by atoms with E-state index >= 15 is 0 Å². The molecule has 1 aliphatic rings. The molecule has 2 amide bonds. The number of ether oxygens (including phenoxy) is 1. The molecule has 2 aromatic rings. The third kappa shape index (κ3) is 6.85. The maximum atomic E-state index is 13.0. The van der Waals surface area contributed by atoms with E-state index in [2.05, 4.69) is 12.2 Å². The molecule has 1 heterocycles. The van der Waals surface area contributed by atoms with Crippen LogP contribution >= 0.6 is 11.8 Å². The van der Waals surface area contributed by atoms with Gasteiger partial charge < -0.3 is 10.1 Å². The number of carbonyl (C=O) groups excluding carboxylic acids is 2. The van der Waals surface area contributed by atoms with Crippen LogP contribution in [-0.2, 0) is 9.59 Å². The maximum absolute atomic E-state index is 13.0. The van der Waals surface area contributed by atoms with E-state index in [-0.39, 0.29) is 18.2 Å². The number of hydrogen-bond acceptors (Lipinski definition) is 5. The summed E-state index contributed by atoms with van der Waals surface area (Å²) in [5, 5.41) is 2.96. The van der Waals surface area contributed by atoms with Gasteiger partial charge in [-0.3, -0.25) is 14.5 Å². The molecule has 0 saturated carbocycles. The molecule has 0 bridgehead atoms. The lowest BCUT2D eigenvalue weighted by Crippen LogP contribution is -2.45. The SMILES string of the molecule is CCCCCCCN1C(=O)CC(C(=O)Nc2cccc(OC)c2)SC1=Nc1ccccc1. The summed E-state index contributed by atoms with van der Waals surface area (Å²) in [5.74, 6) is 0.399. The first-order valence-electron chi connectivity index (χ1n) is 11.2. The molecule has 0 spiro atoms. The van der Waals surface area contributed by atoms with Crippen LogP contribution in [0.5, 0.6) is 5.75 Å². The minimum absolute atomic E-state index is 0.0558. The molecule has 2 aromatic carbocycles. The molecule has 1 N–H and O–H groups in total. The average Bonchev–Trinajstić information content (AvgIpc) is 2.81. The summed E-state index contributed by atoms with van der Waals surface area (Å²) < 4.78 is 5.22. The highest BCUT2D eigenvalue weighted by Crippen LogP contribution is 2.30. The summed E-state index contributed by atoms with van der Waals surface area (Å²) in [6, 6.07) is 16.8. The zero-order valence-corrected chi connectivity index (χ0v) is 19.6. The van der Waals surface area contributed by atoms with Crippen molar-refractivity contribution in [2.24, 2.45) is 4.99 Å². The van der Waals surface area contributed by atoms with Crippen LogP contribution in [0.1, 0.15) is 45.4 Å². The fraction of sp³-hybridized carbons (Fsp3) is 0.400. The van der Waals surface area contributed by atoms with Crippen LogP contribution in [-0.4, -0.2) is 40.8 Å². The summed E-state index contributed by atoms with van der Waals surface area (Å²) in [6.45, 7) is 2.82. The van der Waals surface area contributed by atoms with Crippen LogP contribution in [0.15, 0.2) is 59.6 Å². The number of hydrogen-bond donors (Lipinski definition) is 1. The van der Waals surface area contributed by atoms with E-state index in [0.717, 1.165) is 18.5 Å². The van der Waals surface area contributed by atoms with Gasteiger partial charge in [0.1, 0.15) is 11.0 Å². The molecule has 6 nitrogen and oxygen atoms in total. The Bertz CT molecular complexity index is 933. The van der Waals surface area contributed by atoms with E-state index in [1.54, 1.807) is 24.1 Å². The van der Waals surface area contributed by atoms with Crippen molar-refractivity contribution in [3.63, 3.8) is 0 Å². The summed E-state index contributed by atoms with van der Waals surface area (Å²) in [5.41, 5.74) is 1.41.